The third-order valence-corrected chi connectivity index (χ3v) is 4.79. The van der Waals surface area contributed by atoms with E-state index in [2.05, 4.69) is 19.5 Å². The number of rotatable bonds is 3. The van der Waals surface area contributed by atoms with Gasteiger partial charge in [-0.05, 0) is 24.3 Å². The van der Waals surface area contributed by atoms with Crippen molar-refractivity contribution in [3.8, 4) is 11.5 Å². The van der Waals surface area contributed by atoms with Crippen LogP contribution in [-0.4, -0.2) is 25.6 Å². The number of halogens is 2. The molecule has 0 aliphatic rings. The molecular weight excluding hydrogens is 338 g/mol. The molecule has 124 valence electrons. The molecule has 2 aromatic heterocycles. The van der Waals surface area contributed by atoms with Gasteiger partial charge < -0.3 is 4.52 Å². The van der Waals surface area contributed by atoms with E-state index in [1.54, 1.807) is 13.0 Å². The summed E-state index contributed by atoms with van der Waals surface area (Å²) < 4.78 is 49.1. The maximum atomic E-state index is 13.8. The van der Waals surface area contributed by atoms with Crippen molar-refractivity contribution in [1.82, 2.24) is 15.1 Å². The van der Waals surface area contributed by atoms with Crippen molar-refractivity contribution < 1.29 is 17.5 Å². The van der Waals surface area contributed by atoms with Gasteiger partial charge in [0.2, 0.25) is 11.7 Å². The number of hydrogen-bond acceptors (Lipinski definition) is 6. The lowest BCUT2D eigenvalue weighted by Gasteiger charge is -2.07. The van der Waals surface area contributed by atoms with E-state index < -0.39 is 26.3 Å². The average Bonchev–Trinajstić information content (AvgIpc) is 2.93. The average molecular weight is 350 g/mol. The zero-order chi connectivity index (χ0) is 17.3. The fourth-order valence-electron chi connectivity index (χ4n) is 2.07. The summed E-state index contributed by atoms with van der Waals surface area (Å²) in [7, 11) is -3.31. The molecule has 6 nitrogen and oxygen atoms in total. The van der Waals surface area contributed by atoms with Gasteiger partial charge in [0.1, 0.15) is 22.2 Å². The van der Waals surface area contributed by atoms with Crippen LogP contribution in [-0.2, 0) is 9.73 Å². The topological polar surface area (TPSA) is 81.2 Å². The van der Waals surface area contributed by atoms with Crippen molar-refractivity contribution in [1.29, 1.82) is 0 Å². The Hall–Kier alpha value is -2.68. The van der Waals surface area contributed by atoms with Crippen LogP contribution in [0.25, 0.3) is 11.5 Å². The second-order valence-electron chi connectivity index (χ2n) is 4.98. The Morgan fingerprint density at radius 2 is 1.88 bits per heavy atom. The van der Waals surface area contributed by atoms with E-state index in [9.17, 15) is 13.0 Å². The van der Waals surface area contributed by atoms with Gasteiger partial charge in [0, 0.05) is 13.2 Å². The lowest BCUT2D eigenvalue weighted by molar-refractivity contribution is 0.394. The Morgan fingerprint density at radius 3 is 2.42 bits per heavy atom. The van der Waals surface area contributed by atoms with Gasteiger partial charge in [-0.1, -0.05) is 11.2 Å². The molecule has 0 amide bonds. The van der Waals surface area contributed by atoms with Gasteiger partial charge in [-0.3, -0.25) is 4.98 Å². The number of aryl methyl sites for hydroxylation is 1. The summed E-state index contributed by atoms with van der Waals surface area (Å²) in [6.45, 7) is 1.65. The summed E-state index contributed by atoms with van der Waals surface area (Å²) in [5, 5.41) is 3.73. The quantitative estimate of drug-likeness (QED) is 0.722. The predicted molar refractivity (Wildman–Crippen MR) is 83.0 cm³/mol. The molecule has 1 unspecified atom stereocenters. The molecule has 1 aromatic carbocycles. The maximum Gasteiger partial charge on any atom is 0.223 e. The summed E-state index contributed by atoms with van der Waals surface area (Å²) in [5.41, 5.74) is 0.652. The molecule has 0 bridgehead atoms. The van der Waals surface area contributed by atoms with Gasteiger partial charge in [0.05, 0.1) is 21.6 Å². The van der Waals surface area contributed by atoms with E-state index in [1.165, 1.54) is 24.6 Å². The molecule has 0 fully saturated rings. The summed E-state index contributed by atoms with van der Waals surface area (Å²) in [5.74, 6) is -1.11. The zero-order valence-electron chi connectivity index (χ0n) is 12.7. The monoisotopic (exact) mass is 350 g/mol. The van der Waals surface area contributed by atoms with Gasteiger partial charge in [-0.15, -0.1) is 0 Å². The Kier molecular flexibility index (Phi) is 4.10. The number of pyridine rings is 1. The smallest absolute Gasteiger partial charge is 0.223 e. The molecule has 1 atom stereocenters. The molecule has 3 aromatic rings. The Bertz CT molecular complexity index is 988. The largest absolute Gasteiger partial charge is 0.339 e. The Labute approximate surface area is 136 Å². The molecule has 0 saturated heterocycles. The van der Waals surface area contributed by atoms with Crippen LogP contribution in [0.15, 0.2) is 50.3 Å². The second kappa shape index (κ2) is 6.08. The van der Waals surface area contributed by atoms with Crippen molar-refractivity contribution in [2.24, 2.45) is 4.36 Å². The van der Waals surface area contributed by atoms with Crippen molar-refractivity contribution in [2.75, 3.05) is 6.26 Å². The highest BCUT2D eigenvalue weighted by atomic mass is 32.2. The highest BCUT2D eigenvalue weighted by molar-refractivity contribution is 7.93. The Morgan fingerprint density at radius 1 is 1.17 bits per heavy atom. The van der Waals surface area contributed by atoms with Gasteiger partial charge in [0.15, 0.2) is 0 Å². The summed E-state index contributed by atoms with van der Waals surface area (Å²) in [6, 6.07) is 6.34. The standard InChI is InChI=1S/C15H12F2N4O2S/c1-9-19-15(20-23-9)13-7-6-10(8-18-13)21-24(2,22)14-11(16)4-3-5-12(14)17/h3-8H,1-2H3. The Balaban J connectivity index is 2.00. The fourth-order valence-corrected chi connectivity index (χ4v) is 3.53. The van der Waals surface area contributed by atoms with Gasteiger partial charge in [-0.25, -0.2) is 13.0 Å². The first-order valence-electron chi connectivity index (χ1n) is 6.80. The SMILES string of the molecule is Cc1nc(-c2ccc(N=S(C)(=O)c3c(F)cccc3F)cn2)no1. The highest BCUT2D eigenvalue weighted by Gasteiger charge is 2.18. The van der Waals surface area contributed by atoms with Crippen LogP contribution in [0.4, 0.5) is 14.5 Å². The van der Waals surface area contributed by atoms with Crippen LogP contribution in [0.1, 0.15) is 5.89 Å². The minimum atomic E-state index is -3.31. The number of benzene rings is 1. The lowest BCUT2D eigenvalue weighted by Crippen LogP contribution is -2.04. The van der Waals surface area contributed by atoms with Gasteiger partial charge in [-0.2, -0.15) is 9.35 Å². The third-order valence-electron chi connectivity index (χ3n) is 3.08. The molecule has 24 heavy (non-hydrogen) atoms. The number of aromatic nitrogens is 3. The summed E-state index contributed by atoms with van der Waals surface area (Å²) in [6.07, 6.45) is 2.49. The van der Waals surface area contributed by atoms with Crippen molar-refractivity contribution >= 4 is 15.4 Å². The summed E-state index contributed by atoms with van der Waals surface area (Å²) in [4.78, 5) is 7.57. The highest BCUT2D eigenvalue weighted by Crippen LogP contribution is 2.24. The first-order chi connectivity index (χ1) is 11.4. The third kappa shape index (κ3) is 3.16. The van der Waals surface area contributed by atoms with Crippen LogP contribution >= 0.6 is 0 Å². The first kappa shape index (κ1) is 16.2. The number of nitrogens with zero attached hydrogens (tertiary/aromatic N) is 4. The fraction of sp³-hybridized carbons (Fsp3) is 0.133. The second-order valence-corrected chi connectivity index (χ2v) is 7.18. The molecular formula is C15H12F2N4O2S. The number of hydrogen-bond donors (Lipinski definition) is 0. The van der Waals surface area contributed by atoms with Crippen LogP contribution in [0.2, 0.25) is 0 Å². The molecule has 0 aliphatic carbocycles. The molecule has 0 N–H and O–H groups in total. The van der Waals surface area contributed by atoms with Crippen LogP contribution in [0, 0.1) is 18.6 Å². The van der Waals surface area contributed by atoms with E-state index in [1.807, 2.05) is 0 Å². The minimum absolute atomic E-state index is 0.217. The van der Waals surface area contributed by atoms with Crippen LogP contribution in [0.3, 0.4) is 0 Å². The normalized spacial score (nSPS) is 13.5. The van der Waals surface area contributed by atoms with Crippen molar-refractivity contribution in [3.05, 3.63) is 54.1 Å². The van der Waals surface area contributed by atoms with E-state index in [0.717, 1.165) is 12.1 Å². The lowest BCUT2D eigenvalue weighted by atomic mass is 10.3. The predicted octanol–water partition coefficient (Wildman–Crippen LogP) is 3.51. The van der Waals surface area contributed by atoms with E-state index in [-0.39, 0.29) is 5.69 Å². The van der Waals surface area contributed by atoms with E-state index >= 15 is 0 Å². The van der Waals surface area contributed by atoms with Crippen LogP contribution in [0.5, 0.6) is 0 Å². The van der Waals surface area contributed by atoms with Crippen LogP contribution < -0.4 is 0 Å². The molecule has 0 spiro atoms. The maximum absolute atomic E-state index is 13.8. The van der Waals surface area contributed by atoms with Crippen molar-refractivity contribution in [2.45, 2.75) is 11.8 Å². The first-order valence-corrected chi connectivity index (χ1v) is 8.72. The molecule has 3 rings (SSSR count). The zero-order valence-corrected chi connectivity index (χ0v) is 13.6. The van der Waals surface area contributed by atoms with Gasteiger partial charge in [0.25, 0.3) is 0 Å². The molecule has 0 aliphatic heterocycles. The summed E-state index contributed by atoms with van der Waals surface area (Å²) >= 11 is 0. The molecule has 2 heterocycles. The molecule has 9 heteroatoms. The minimum Gasteiger partial charge on any atom is -0.339 e. The van der Waals surface area contributed by atoms with Crippen molar-refractivity contribution in [3.63, 3.8) is 0 Å². The van der Waals surface area contributed by atoms with E-state index in [0.29, 0.717) is 17.4 Å². The molecule has 0 saturated carbocycles. The van der Waals surface area contributed by atoms with Gasteiger partial charge >= 0.3 is 0 Å². The van der Waals surface area contributed by atoms with E-state index in [4.69, 9.17) is 4.52 Å². The molecule has 0 radical (unpaired) electrons.